The molecule has 0 saturated heterocycles. The first-order valence-corrected chi connectivity index (χ1v) is 6.18. The molecule has 0 aromatic carbocycles. The maximum Gasteiger partial charge on any atom is 0.0738 e. The summed E-state index contributed by atoms with van der Waals surface area (Å²) >= 11 is 3.58. The SMILES string of the molecule is CNC(Cc1c(Br)c(C)nn1C)C(C)OC. The molecule has 16 heavy (non-hydrogen) atoms. The van der Waals surface area contributed by atoms with Gasteiger partial charge >= 0.3 is 0 Å². The Kier molecular flexibility index (Phi) is 4.95. The lowest BCUT2D eigenvalue weighted by Crippen LogP contribution is -2.39. The molecule has 1 rings (SSSR count). The summed E-state index contributed by atoms with van der Waals surface area (Å²) in [7, 11) is 5.66. The number of hydrogen-bond acceptors (Lipinski definition) is 3. The third-order valence-electron chi connectivity index (χ3n) is 2.98. The van der Waals surface area contributed by atoms with Crippen molar-refractivity contribution in [1.29, 1.82) is 0 Å². The van der Waals surface area contributed by atoms with Gasteiger partial charge in [0.25, 0.3) is 0 Å². The monoisotopic (exact) mass is 289 g/mol. The molecule has 2 atom stereocenters. The molecule has 0 aliphatic heterocycles. The Balaban J connectivity index is 2.85. The minimum Gasteiger partial charge on any atom is -0.380 e. The quantitative estimate of drug-likeness (QED) is 0.896. The lowest BCUT2D eigenvalue weighted by molar-refractivity contribution is 0.0850. The molecule has 1 aromatic rings. The highest BCUT2D eigenvalue weighted by molar-refractivity contribution is 9.10. The van der Waals surface area contributed by atoms with Crippen LogP contribution in [0.5, 0.6) is 0 Å². The molecule has 0 fully saturated rings. The Hall–Kier alpha value is -0.390. The number of likely N-dealkylation sites (N-methyl/N-ethyl adjacent to an activating group) is 1. The van der Waals surface area contributed by atoms with Gasteiger partial charge in [-0.25, -0.2) is 0 Å². The van der Waals surface area contributed by atoms with Gasteiger partial charge in [-0.3, -0.25) is 4.68 Å². The third kappa shape index (κ3) is 2.84. The topological polar surface area (TPSA) is 39.1 Å². The molecule has 0 saturated carbocycles. The zero-order valence-electron chi connectivity index (χ0n) is 10.5. The van der Waals surface area contributed by atoms with Crippen LogP contribution in [0.1, 0.15) is 18.3 Å². The molecule has 0 spiro atoms. The molecule has 0 aliphatic rings. The minimum atomic E-state index is 0.173. The fraction of sp³-hybridized carbons (Fsp3) is 0.727. The molecule has 2 unspecified atom stereocenters. The number of nitrogens with one attached hydrogen (secondary N) is 1. The third-order valence-corrected chi connectivity index (χ3v) is 4.02. The molecular formula is C11H20BrN3O. The van der Waals surface area contributed by atoms with Crippen LogP contribution in [-0.2, 0) is 18.2 Å². The average Bonchev–Trinajstić information content (AvgIpc) is 2.50. The standard InChI is InChI=1S/C11H20BrN3O/c1-7-11(12)10(15(4)14-7)6-9(13-3)8(2)16-5/h8-9,13H,6H2,1-5H3. The van der Waals surface area contributed by atoms with Crippen molar-refractivity contribution in [3.05, 3.63) is 15.9 Å². The first-order valence-electron chi connectivity index (χ1n) is 5.39. The number of rotatable bonds is 5. The van der Waals surface area contributed by atoms with Gasteiger partial charge in [0.05, 0.1) is 22.0 Å². The predicted molar refractivity (Wildman–Crippen MR) is 68.7 cm³/mol. The summed E-state index contributed by atoms with van der Waals surface area (Å²) < 4.78 is 8.37. The molecule has 1 heterocycles. The molecule has 0 aliphatic carbocycles. The van der Waals surface area contributed by atoms with Crippen LogP contribution in [0.25, 0.3) is 0 Å². The van der Waals surface area contributed by atoms with Gasteiger partial charge in [0, 0.05) is 26.6 Å². The smallest absolute Gasteiger partial charge is 0.0738 e. The van der Waals surface area contributed by atoms with Gasteiger partial charge in [-0.1, -0.05) is 0 Å². The van der Waals surface area contributed by atoms with Gasteiger partial charge in [-0.15, -0.1) is 0 Å². The van der Waals surface area contributed by atoms with Crippen molar-refractivity contribution in [1.82, 2.24) is 15.1 Å². The van der Waals surface area contributed by atoms with E-state index < -0.39 is 0 Å². The van der Waals surface area contributed by atoms with Gasteiger partial charge in [0.1, 0.15) is 0 Å². The summed E-state index contributed by atoms with van der Waals surface area (Å²) in [5.74, 6) is 0. The van der Waals surface area contributed by atoms with Crippen LogP contribution in [-0.4, -0.2) is 36.1 Å². The van der Waals surface area contributed by atoms with Crippen molar-refractivity contribution in [3.63, 3.8) is 0 Å². The van der Waals surface area contributed by atoms with E-state index in [1.54, 1.807) is 7.11 Å². The number of ether oxygens (including phenoxy) is 1. The van der Waals surface area contributed by atoms with Gasteiger partial charge in [0.2, 0.25) is 0 Å². The van der Waals surface area contributed by atoms with Crippen LogP contribution in [0, 0.1) is 6.92 Å². The maximum absolute atomic E-state index is 5.35. The summed E-state index contributed by atoms with van der Waals surface area (Å²) in [6.45, 7) is 4.07. The van der Waals surface area contributed by atoms with E-state index in [9.17, 15) is 0 Å². The largest absolute Gasteiger partial charge is 0.380 e. The van der Waals surface area contributed by atoms with Gasteiger partial charge in [-0.05, 0) is 36.8 Å². The highest BCUT2D eigenvalue weighted by Crippen LogP contribution is 2.22. The first kappa shape index (κ1) is 13.7. The van der Waals surface area contributed by atoms with Crippen molar-refractivity contribution in [3.8, 4) is 0 Å². The zero-order valence-corrected chi connectivity index (χ0v) is 12.1. The van der Waals surface area contributed by atoms with Crippen LogP contribution in [0.15, 0.2) is 4.47 Å². The average molecular weight is 290 g/mol. The second-order valence-electron chi connectivity index (χ2n) is 4.01. The van der Waals surface area contributed by atoms with Gasteiger partial charge in [0.15, 0.2) is 0 Å². The molecule has 4 nitrogen and oxygen atoms in total. The highest BCUT2D eigenvalue weighted by atomic mass is 79.9. The number of nitrogens with zero attached hydrogens (tertiary/aromatic N) is 2. The number of halogens is 1. The highest BCUT2D eigenvalue weighted by Gasteiger charge is 2.20. The van der Waals surface area contributed by atoms with Crippen molar-refractivity contribution in [2.24, 2.45) is 7.05 Å². The van der Waals surface area contributed by atoms with Crippen molar-refractivity contribution < 1.29 is 4.74 Å². The van der Waals surface area contributed by atoms with E-state index >= 15 is 0 Å². The second kappa shape index (κ2) is 5.80. The number of methoxy groups -OCH3 is 1. The Morgan fingerprint density at radius 2 is 2.19 bits per heavy atom. The minimum absolute atomic E-state index is 0.173. The molecule has 0 bridgehead atoms. The Labute approximate surface area is 105 Å². The lowest BCUT2D eigenvalue weighted by atomic mass is 10.1. The number of hydrogen-bond donors (Lipinski definition) is 1. The number of aryl methyl sites for hydroxylation is 2. The maximum atomic E-state index is 5.35. The van der Waals surface area contributed by atoms with Crippen molar-refractivity contribution in [2.45, 2.75) is 32.4 Å². The van der Waals surface area contributed by atoms with Crippen molar-refractivity contribution in [2.75, 3.05) is 14.2 Å². The second-order valence-corrected chi connectivity index (χ2v) is 4.80. The summed E-state index contributed by atoms with van der Waals surface area (Å²) in [5.41, 5.74) is 2.22. The van der Waals surface area contributed by atoms with Crippen LogP contribution in [0.4, 0.5) is 0 Å². The molecule has 92 valence electrons. The Bertz CT molecular complexity index is 351. The molecule has 0 amide bonds. The van der Waals surface area contributed by atoms with Gasteiger partial charge in [-0.2, -0.15) is 5.10 Å². The molecule has 0 radical (unpaired) electrons. The van der Waals surface area contributed by atoms with Crippen LogP contribution in [0.3, 0.4) is 0 Å². The van der Waals surface area contributed by atoms with E-state index in [0.717, 1.165) is 16.6 Å². The zero-order chi connectivity index (χ0) is 12.3. The molecule has 5 heteroatoms. The number of aromatic nitrogens is 2. The van der Waals surface area contributed by atoms with E-state index in [0.29, 0.717) is 0 Å². The normalized spacial score (nSPS) is 15.1. The van der Waals surface area contributed by atoms with Crippen LogP contribution in [0.2, 0.25) is 0 Å². The Morgan fingerprint density at radius 3 is 2.56 bits per heavy atom. The van der Waals surface area contributed by atoms with E-state index in [1.807, 2.05) is 25.7 Å². The van der Waals surface area contributed by atoms with E-state index in [4.69, 9.17) is 4.74 Å². The van der Waals surface area contributed by atoms with Gasteiger partial charge < -0.3 is 10.1 Å². The lowest BCUT2D eigenvalue weighted by Gasteiger charge is -2.22. The fourth-order valence-electron chi connectivity index (χ4n) is 1.78. The van der Waals surface area contributed by atoms with E-state index in [1.165, 1.54) is 5.69 Å². The molecule has 1 aromatic heterocycles. The Morgan fingerprint density at radius 1 is 1.56 bits per heavy atom. The summed E-state index contributed by atoms with van der Waals surface area (Å²) in [5, 5.41) is 7.66. The van der Waals surface area contributed by atoms with E-state index in [-0.39, 0.29) is 12.1 Å². The molecular weight excluding hydrogens is 270 g/mol. The first-order chi connectivity index (χ1) is 7.51. The molecule has 1 N–H and O–H groups in total. The van der Waals surface area contributed by atoms with Crippen molar-refractivity contribution >= 4 is 15.9 Å². The van der Waals surface area contributed by atoms with Crippen LogP contribution < -0.4 is 5.32 Å². The van der Waals surface area contributed by atoms with E-state index in [2.05, 4.69) is 33.3 Å². The fourth-order valence-corrected chi connectivity index (χ4v) is 2.27. The summed E-state index contributed by atoms with van der Waals surface area (Å²) in [6.07, 6.45) is 1.07. The predicted octanol–water partition coefficient (Wildman–Crippen LogP) is 1.66. The van der Waals surface area contributed by atoms with Crippen LogP contribution >= 0.6 is 15.9 Å². The summed E-state index contributed by atoms with van der Waals surface area (Å²) in [6, 6.07) is 0.288. The summed E-state index contributed by atoms with van der Waals surface area (Å²) in [4.78, 5) is 0.